The van der Waals surface area contributed by atoms with Crippen molar-refractivity contribution in [1.82, 2.24) is 0 Å². The summed E-state index contributed by atoms with van der Waals surface area (Å²) in [5.41, 5.74) is 2.66. The van der Waals surface area contributed by atoms with E-state index in [-0.39, 0.29) is 27.9 Å². The third-order valence-electron chi connectivity index (χ3n) is 3.11. The van der Waals surface area contributed by atoms with E-state index in [0.29, 0.717) is 0 Å². The van der Waals surface area contributed by atoms with Crippen LogP contribution in [0, 0.1) is 13.8 Å². The molecule has 0 bridgehead atoms. The average Bonchev–Trinajstić information content (AvgIpc) is 2.40. The zero-order chi connectivity index (χ0) is 15.2. The van der Waals surface area contributed by atoms with Gasteiger partial charge in [0.05, 0.1) is 0 Å². The van der Waals surface area contributed by atoms with Gasteiger partial charge >= 0.3 is 17.1 Å². The Bertz CT molecular complexity index is 437. The maximum atomic E-state index is 4.04. The van der Waals surface area contributed by atoms with Crippen LogP contribution in [0.15, 0.2) is 60.7 Å². The van der Waals surface area contributed by atoms with E-state index in [1.165, 1.54) is 11.1 Å². The Hall–Kier alpha value is -1.04. The van der Waals surface area contributed by atoms with Gasteiger partial charge in [0.2, 0.25) is 0 Å². The van der Waals surface area contributed by atoms with Gasteiger partial charge in [-0.3, -0.25) is 0 Å². The van der Waals surface area contributed by atoms with E-state index in [4.69, 9.17) is 0 Å². The van der Waals surface area contributed by atoms with Crippen molar-refractivity contribution in [2.45, 2.75) is 38.5 Å². The third-order valence-corrected chi connectivity index (χ3v) is 3.11. The van der Waals surface area contributed by atoms with Crippen LogP contribution in [0.25, 0.3) is 0 Å². The van der Waals surface area contributed by atoms with Gasteiger partial charge < -0.3 is 13.8 Å². The Kier molecular flexibility index (Phi) is 8.00. The maximum Gasteiger partial charge on any atom is 2.00 e. The van der Waals surface area contributed by atoms with Crippen LogP contribution in [0.4, 0.5) is 0 Å². The molecule has 0 fully saturated rings. The molecule has 1 heteroatoms. The summed E-state index contributed by atoms with van der Waals surface area (Å²) in [6, 6.07) is 20.6. The summed E-state index contributed by atoms with van der Waals surface area (Å²) >= 11 is 0. The molecule has 2 aromatic carbocycles. The molecule has 0 saturated heterocycles. The summed E-state index contributed by atoms with van der Waals surface area (Å²) in [5, 5.41) is 0. The zero-order valence-electron chi connectivity index (χ0n) is 13.6. The second-order valence-electron chi connectivity index (χ2n) is 6.50. The molecule has 0 unspecified atom stereocenters. The van der Waals surface area contributed by atoms with Crippen LogP contribution in [0.1, 0.15) is 38.8 Å². The van der Waals surface area contributed by atoms with Crippen molar-refractivity contribution in [3.05, 3.63) is 85.6 Å². The van der Waals surface area contributed by atoms with Crippen LogP contribution in [0.2, 0.25) is 0 Å². The van der Waals surface area contributed by atoms with Gasteiger partial charge in [-0.15, -0.1) is 10.8 Å². The number of hydrogen-bond donors (Lipinski definition) is 0. The van der Waals surface area contributed by atoms with Gasteiger partial charge in [-0.25, -0.2) is 0 Å². The van der Waals surface area contributed by atoms with Gasteiger partial charge in [-0.1, -0.05) is 99.5 Å². The van der Waals surface area contributed by atoms with Crippen molar-refractivity contribution in [3.8, 4) is 0 Å². The van der Waals surface area contributed by atoms with Gasteiger partial charge in [0.25, 0.3) is 0 Å². The molecule has 0 aliphatic heterocycles. The minimum Gasteiger partial charge on any atom is -0.333 e. The fraction of sp³-hybridized carbons (Fsp3) is 0.300. The maximum absolute atomic E-state index is 4.04. The molecule has 0 saturated carbocycles. The van der Waals surface area contributed by atoms with Crippen molar-refractivity contribution < 1.29 is 17.1 Å². The topological polar surface area (TPSA) is 0 Å². The SMILES string of the molecule is [CH2-]C(C)(C)c1ccccc1.[CH2-]C(C)(C)c1ccccc1.[Mn+2]. The molecular weight excluding hydrogens is 295 g/mol. The third kappa shape index (κ3) is 7.50. The molecule has 21 heavy (non-hydrogen) atoms. The van der Waals surface area contributed by atoms with Gasteiger partial charge in [0, 0.05) is 0 Å². The molecule has 0 aliphatic carbocycles. The summed E-state index contributed by atoms with van der Waals surface area (Å²) in [6.45, 7) is 16.5. The van der Waals surface area contributed by atoms with Crippen molar-refractivity contribution in [2.75, 3.05) is 0 Å². The Balaban J connectivity index is 0.000000364. The van der Waals surface area contributed by atoms with Crippen LogP contribution in [0.5, 0.6) is 0 Å². The average molecular weight is 321 g/mol. The van der Waals surface area contributed by atoms with Crippen molar-refractivity contribution in [2.24, 2.45) is 0 Å². The Morgan fingerprint density at radius 3 is 0.952 bits per heavy atom. The van der Waals surface area contributed by atoms with Gasteiger partial charge in [-0.2, -0.15) is 0 Å². The molecule has 0 aromatic heterocycles. The Labute approximate surface area is 141 Å². The van der Waals surface area contributed by atoms with Crippen molar-refractivity contribution in [1.29, 1.82) is 0 Å². The summed E-state index contributed by atoms with van der Waals surface area (Å²) in [6.07, 6.45) is 0. The molecule has 1 radical (unpaired) electrons. The molecule has 0 nitrogen and oxygen atoms in total. The molecule has 113 valence electrons. The molecule has 0 N–H and O–H groups in total. The molecular formula is C20H26Mn. The van der Waals surface area contributed by atoms with Crippen molar-refractivity contribution in [3.63, 3.8) is 0 Å². The summed E-state index contributed by atoms with van der Waals surface area (Å²) in [5.74, 6) is 0. The van der Waals surface area contributed by atoms with E-state index in [1.54, 1.807) is 0 Å². The molecule has 0 heterocycles. The minimum atomic E-state index is 0. The first-order chi connectivity index (χ1) is 9.21. The van der Waals surface area contributed by atoms with E-state index in [1.807, 2.05) is 36.4 Å². The van der Waals surface area contributed by atoms with Gasteiger partial charge in [0.1, 0.15) is 0 Å². The van der Waals surface area contributed by atoms with Crippen LogP contribution in [-0.4, -0.2) is 0 Å². The standard InChI is InChI=1S/2C10H13.Mn/c2*1-10(2,3)9-7-5-4-6-8-9;/h2*4-8H,1H2,2-3H3;/q2*-1;+2. The smallest absolute Gasteiger partial charge is 0.333 e. The fourth-order valence-corrected chi connectivity index (χ4v) is 1.78. The quantitative estimate of drug-likeness (QED) is 0.499. The van der Waals surface area contributed by atoms with E-state index >= 15 is 0 Å². The van der Waals surface area contributed by atoms with E-state index < -0.39 is 0 Å². The van der Waals surface area contributed by atoms with E-state index in [0.717, 1.165) is 0 Å². The van der Waals surface area contributed by atoms with Crippen LogP contribution < -0.4 is 0 Å². The second kappa shape index (κ2) is 8.41. The van der Waals surface area contributed by atoms with Crippen LogP contribution in [0.3, 0.4) is 0 Å². The molecule has 0 atom stereocenters. The zero-order valence-corrected chi connectivity index (χ0v) is 14.7. The number of hydrogen-bond acceptors (Lipinski definition) is 0. The first kappa shape index (κ1) is 20.0. The van der Waals surface area contributed by atoms with Gasteiger partial charge in [0.15, 0.2) is 0 Å². The Morgan fingerprint density at radius 2 is 0.810 bits per heavy atom. The molecule has 0 amide bonds. The second-order valence-corrected chi connectivity index (χ2v) is 6.50. The number of benzene rings is 2. The molecule has 0 aliphatic rings. The monoisotopic (exact) mass is 321 g/mol. The van der Waals surface area contributed by atoms with Crippen molar-refractivity contribution >= 4 is 0 Å². The largest absolute Gasteiger partial charge is 2.00 e. The van der Waals surface area contributed by atoms with Crippen LogP contribution in [-0.2, 0) is 27.9 Å². The fourth-order valence-electron chi connectivity index (χ4n) is 1.78. The first-order valence-corrected chi connectivity index (χ1v) is 7.03. The normalized spacial score (nSPS) is 11.0. The number of rotatable bonds is 2. The molecule has 2 rings (SSSR count). The Morgan fingerprint density at radius 1 is 0.571 bits per heavy atom. The van der Waals surface area contributed by atoms with Crippen LogP contribution >= 0.6 is 0 Å². The summed E-state index contributed by atoms with van der Waals surface area (Å²) in [7, 11) is 0. The van der Waals surface area contributed by atoms with E-state index in [9.17, 15) is 0 Å². The van der Waals surface area contributed by atoms with E-state index in [2.05, 4.69) is 65.8 Å². The molecule has 0 spiro atoms. The summed E-state index contributed by atoms with van der Waals surface area (Å²) in [4.78, 5) is 0. The first-order valence-electron chi connectivity index (χ1n) is 7.03. The predicted octanol–water partition coefficient (Wildman–Crippen LogP) is 5.59. The van der Waals surface area contributed by atoms with Gasteiger partial charge in [-0.05, 0) is 0 Å². The minimum absolute atomic E-state index is 0. The molecule has 2 aromatic rings. The predicted molar refractivity (Wildman–Crippen MR) is 89.7 cm³/mol. The summed E-state index contributed by atoms with van der Waals surface area (Å²) < 4.78 is 0.